The number of hydrogen-bond acceptors (Lipinski definition) is 3. The van der Waals surface area contributed by atoms with E-state index in [0.29, 0.717) is 0 Å². The SMILES string of the molecule is Cc1cc2nc3cc(-c4c(O)ccc5ccccc45)c4ccccc4c3nc2cc1C. The van der Waals surface area contributed by atoms with Crippen molar-refractivity contribution in [3.8, 4) is 16.9 Å². The first-order valence-corrected chi connectivity index (χ1v) is 10.4. The summed E-state index contributed by atoms with van der Waals surface area (Å²) >= 11 is 0. The number of rotatable bonds is 1. The number of aryl methyl sites for hydroxylation is 2. The molecule has 0 bridgehead atoms. The van der Waals surface area contributed by atoms with Crippen molar-refractivity contribution in [3.05, 3.63) is 90.0 Å². The van der Waals surface area contributed by atoms with Crippen LogP contribution >= 0.6 is 0 Å². The van der Waals surface area contributed by atoms with Crippen LogP contribution in [0.5, 0.6) is 5.75 Å². The van der Waals surface area contributed by atoms with Crippen molar-refractivity contribution in [1.82, 2.24) is 9.97 Å². The summed E-state index contributed by atoms with van der Waals surface area (Å²) in [4.78, 5) is 9.98. The van der Waals surface area contributed by atoms with E-state index in [1.54, 1.807) is 6.07 Å². The van der Waals surface area contributed by atoms with Gasteiger partial charge in [0.15, 0.2) is 0 Å². The second kappa shape index (κ2) is 6.51. The van der Waals surface area contributed by atoms with Gasteiger partial charge in [0.05, 0.1) is 22.1 Å². The van der Waals surface area contributed by atoms with Gasteiger partial charge in [-0.1, -0.05) is 54.6 Å². The number of benzene rings is 5. The monoisotopic (exact) mass is 400 g/mol. The first-order chi connectivity index (χ1) is 15.1. The predicted molar refractivity (Wildman–Crippen MR) is 129 cm³/mol. The van der Waals surface area contributed by atoms with Gasteiger partial charge in [0.1, 0.15) is 5.75 Å². The lowest BCUT2D eigenvalue weighted by Crippen LogP contribution is -1.93. The minimum Gasteiger partial charge on any atom is -0.507 e. The molecule has 6 aromatic rings. The molecule has 31 heavy (non-hydrogen) atoms. The molecule has 1 aromatic heterocycles. The van der Waals surface area contributed by atoms with Crippen molar-refractivity contribution in [3.63, 3.8) is 0 Å². The van der Waals surface area contributed by atoms with Gasteiger partial charge in [-0.2, -0.15) is 0 Å². The van der Waals surface area contributed by atoms with E-state index in [0.717, 1.165) is 54.7 Å². The molecule has 0 aliphatic heterocycles. The number of phenols is 1. The zero-order valence-corrected chi connectivity index (χ0v) is 17.3. The number of aromatic hydroxyl groups is 1. The van der Waals surface area contributed by atoms with Gasteiger partial charge in [0.25, 0.3) is 0 Å². The van der Waals surface area contributed by atoms with Crippen molar-refractivity contribution in [2.75, 3.05) is 0 Å². The van der Waals surface area contributed by atoms with E-state index < -0.39 is 0 Å². The van der Waals surface area contributed by atoms with Gasteiger partial charge >= 0.3 is 0 Å². The average Bonchev–Trinajstić information content (AvgIpc) is 2.78. The molecule has 0 saturated heterocycles. The molecule has 0 unspecified atom stereocenters. The van der Waals surface area contributed by atoms with Gasteiger partial charge in [-0.3, -0.25) is 0 Å². The Labute approximate surface area is 179 Å². The van der Waals surface area contributed by atoms with Gasteiger partial charge < -0.3 is 5.11 Å². The summed E-state index contributed by atoms with van der Waals surface area (Å²) in [5.41, 5.74) is 7.72. The third-order valence-electron chi connectivity index (χ3n) is 6.24. The van der Waals surface area contributed by atoms with Crippen LogP contribution in [0, 0.1) is 13.8 Å². The van der Waals surface area contributed by atoms with E-state index in [9.17, 15) is 5.11 Å². The first kappa shape index (κ1) is 17.8. The fourth-order valence-corrected chi connectivity index (χ4v) is 4.51. The van der Waals surface area contributed by atoms with Crippen LogP contribution in [0.4, 0.5) is 0 Å². The van der Waals surface area contributed by atoms with Gasteiger partial charge in [-0.25, -0.2) is 9.97 Å². The summed E-state index contributed by atoms with van der Waals surface area (Å²) in [7, 11) is 0. The van der Waals surface area contributed by atoms with Crippen LogP contribution in [-0.2, 0) is 0 Å². The van der Waals surface area contributed by atoms with Crippen LogP contribution in [-0.4, -0.2) is 15.1 Å². The van der Waals surface area contributed by atoms with Crippen molar-refractivity contribution >= 4 is 43.6 Å². The molecule has 5 aromatic carbocycles. The molecule has 0 radical (unpaired) electrons. The molecule has 0 atom stereocenters. The minimum absolute atomic E-state index is 0.267. The molecular formula is C28H20N2O. The Balaban J connectivity index is 1.80. The summed E-state index contributed by atoms with van der Waals surface area (Å²) in [6.45, 7) is 4.20. The van der Waals surface area contributed by atoms with Crippen molar-refractivity contribution in [1.29, 1.82) is 0 Å². The minimum atomic E-state index is 0.267. The van der Waals surface area contributed by atoms with E-state index >= 15 is 0 Å². The standard InChI is InChI=1S/C28H20N2O/c1-16-13-23-24(14-17(16)2)30-28-21-10-6-5-9-20(21)22(15-25(28)29-23)27-19-8-4-3-7-18(19)11-12-26(27)31/h3-15,31H,1-2H3. The number of nitrogens with zero attached hydrogens (tertiary/aromatic N) is 2. The highest BCUT2D eigenvalue weighted by atomic mass is 16.3. The molecule has 3 heteroatoms. The molecule has 0 spiro atoms. The van der Waals surface area contributed by atoms with Crippen LogP contribution in [0.2, 0.25) is 0 Å². The maximum Gasteiger partial charge on any atom is 0.124 e. The lowest BCUT2D eigenvalue weighted by Gasteiger charge is -2.14. The predicted octanol–water partition coefficient (Wildman–Crippen LogP) is 7.08. The fourth-order valence-electron chi connectivity index (χ4n) is 4.51. The molecule has 1 N–H and O–H groups in total. The summed E-state index contributed by atoms with van der Waals surface area (Å²) < 4.78 is 0. The maximum atomic E-state index is 10.9. The lowest BCUT2D eigenvalue weighted by atomic mass is 9.92. The van der Waals surface area contributed by atoms with Crippen LogP contribution in [0.25, 0.3) is 54.7 Å². The van der Waals surface area contributed by atoms with Gasteiger partial charge in [-0.05, 0) is 71.0 Å². The number of phenolic OH excluding ortho intramolecular Hbond substituents is 1. The van der Waals surface area contributed by atoms with E-state index in [2.05, 4.69) is 56.3 Å². The van der Waals surface area contributed by atoms with E-state index in [-0.39, 0.29) is 5.75 Å². The molecule has 6 rings (SSSR count). The molecule has 3 nitrogen and oxygen atoms in total. The highest BCUT2D eigenvalue weighted by molar-refractivity contribution is 6.16. The molecule has 0 amide bonds. The topological polar surface area (TPSA) is 46.0 Å². The third kappa shape index (κ3) is 2.67. The Bertz CT molecular complexity index is 1670. The highest BCUT2D eigenvalue weighted by Crippen LogP contribution is 2.42. The van der Waals surface area contributed by atoms with Crippen molar-refractivity contribution in [2.45, 2.75) is 13.8 Å². The zero-order chi connectivity index (χ0) is 21.1. The molecule has 0 aliphatic carbocycles. The average molecular weight is 400 g/mol. The summed E-state index contributed by atoms with van der Waals surface area (Å²) in [5.74, 6) is 0.267. The van der Waals surface area contributed by atoms with E-state index in [1.165, 1.54) is 11.1 Å². The van der Waals surface area contributed by atoms with Crippen LogP contribution < -0.4 is 0 Å². The van der Waals surface area contributed by atoms with Crippen LogP contribution in [0.15, 0.2) is 78.9 Å². The Morgan fingerprint density at radius 3 is 2.03 bits per heavy atom. The van der Waals surface area contributed by atoms with Gasteiger partial charge in [0.2, 0.25) is 0 Å². The van der Waals surface area contributed by atoms with Crippen molar-refractivity contribution in [2.24, 2.45) is 0 Å². The molecule has 0 fully saturated rings. The summed E-state index contributed by atoms with van der Waals surface area (Å²) in [6, 6.07) is 26.4. The molecule has 0 aliphatic rings. The largest absolute Gasteiger partial charge is 0.507 e. The van der Waals surface area contributed by atoms with Crippen LogP contribution in [0.1, 0.15) is 11.1 Å². The molecular weight excluding hydrogens is 380 g/mol. The molecule has 0 saturated carbocycles. The molecule has 148 valence electrons. The Morgan fingerprint density at radius 2 is 1.26 bits per heavy atom. The number of fused-ring (bicyclic) bond motifs is 5. The highest BCUT2D eigenvalue weighted by Gasteiger charge is 2.16. The second-order valence-corrected chi connectivity index (χ2v) is 8.17. The van der Waals surface area contributed by atoms with Gasteiger partial charge in [0, 0.05) is 10.9 Å². The smallest absolute Gasteiger partial charge is 0.124 e. The maximum absolute atomic E-state index is 10.9. The van der Waals surface area contributed by atoms with Crippen molar-refractivity contribution < 1.29 is 5.11 Å². The lowest BCUT2D eigenvalue weighted by molar-refractivity contribution is 0.478. The van der Waals surface area contributed by atoms with E-state index in [4.69, 9.17) is 9.97 Å². The number of hydrogen-bond donors (Lipinski definition) is 1. The zero-order valence-electron chi connectivity index (χ0n) is 17.3. The second-order valence-electron chi connectivity index (χ2n) is 8.17. The van der Waals surface area contributed by atoms with Gasteiger partial charge in [-0.15, -0.1) is 0 Å². The summed E-state index contributed by atoms with van der Waals surface area (Å²) in [6.07, 6.45) is 0. The Kier molecular flexibility index (Phi) is 3.75. The normalized spacial score (nSPS) is 11.7. The third-order valence-corrected chi connectivity index (χ3v) is 6.24. The fraction of sp³-hybridized carbons (Fsp3) is 0.0714. The Morgan fingerprint density at radius 1 is 0.613 bits per heavy atom. The Hall–Kier alpha value is -3.98. The quantitative estimate of drug-likeness (QED) is 0.237. The molecule has 1 heterocycles. The number of aromatic nitrogens is 2. The van der Waals surface area contributed by atoms with Crippen LogP contribution in [0.3, 0.4) is 0 Å². The summed E-state index contributed by atoms with van der Waals surface area (Å²) in [5, 5.41) is 15.1. The van der Waals surface area contributed by atoms with E-state index in [1.807, 2.05) is 30.3 Å². The first-order valence-electron chi connectivity index (χ1n) is 10.4.